The number of halogens is 1. The van der Waals surface area contributed by atoms with E-state index in [9.17, 15) is 4.79 Å². The molecule has 1 saturated carbocycles. The van der Waals surface area contributed by atoms with Crippen molar-refractivity contribution in [3.05, 3.63) is 16.9 Å². The fourth-order valence-corrected chi connectivity index (χ4v) is 3.24. The Bertz CT molecular complexity index is 495. The molecule has 1 aliphatic carbocycles. The third-order valence-corrected chi connectivity index (χ3v) is 4.42. The first kappa shape index (κ1) is 13.7. The normalized spacial score (nSPS) is 32.6. The summed E-state index contributed by atoms with van der Waals surface area (Å²) in [5.41, 5.74) is 11.6. The van der Waals surface area contributed by atoms with Gasteiger partial charge >= 0.3 is 0 Å². The highest BCUT2D eigenvalue weighted by atomic mass is 79.9. The summed E-state index contributed by atoms with van der Waals surface area (Å²) in [5, 5.41) is 3.33. The number of nitrogens with one attached hydrogen (secondary N) is 3. The number of nitrogens with two attached hydrogens (primary N) is 1. The van der Waals surface area contributed by atoms with Crippen LogP contribution in [-0.4, -0.2) is 34.0 Å². The maximum atomic E-state index is 11.4. The van der Waals surface area contributed by atoms with E-state index in [1.165, 1.54) is 0 Å². The van der Waals surface area contributed by atoms with Gasteiger partial charge in [0.25, 0.3) is 0 Å². The zero-order valence-electron chi connectivity index (χ0n) is 10.8. The molecular formula is C12H17BrN6O. The first-order chi connectivity index (χ1) is 9.63. The molecule has 20 heavy (non-hydrogen) atoms. The van der Waals surface area contributed by atoms with Crippen LogP contribution < -0.4 is 21.9 Å². The predicted molar refractivity (Wildman–Crippen MR) is 77.5 cm³/mol. The van der Waals surface area contributed by atoms with Crippen LogP contribution >= 0.6 is 15.9 Å². The summed E-state index contributed by atoms with van der Waals surface area (Å²) >= 11 is 3.31. The first-order valence-corrected chi connectivity index (χ1v) is 7.47. The van der Waals surface area contributed by atoms with Crippen molar-refractivity contribution >= 4 is 27.8 Å². The second-order valence-electron chi connectivity index (χ2n) is 5.32. The van der Waals surface area contributed by atoms with Crippen LogP contribution in [0.25, 0.3) is 0 Å². The molecule has 0 aromatic carbocycles. The van der Waals surface area contributed by atoms with Gasteiger partial charge < -0.3 is 11.1 Å². The number of amides is 1. The highest BCUT2D eigenvalue weighted by Gasteiger charge is 2.42. The zero-order valence-corrected chi connectivity index (χ0v) is 12.4. The highest BCUT2D eigenvalue weighted by molar-refractivity contribution is 9.10. The Morgan fingerprint density at radius 3 is 2.80 bits per heavy atom. The van der Waals surface area contributed by atoms with Gasteiger partial charge in [0.15, 0.2) is 0 Å². The second-order valence-corrected chi connectivity index (χ2v) is 6.23. The molecule has 7 nitrogen and oxygen atoms in total. The molecule has 0 radical (unpaired) electrons. The molecule has 8 heteroatoms. The van der Waals surface area contributed by atoms with Gasteiger partial charge in [-0.3, -0.25) is 10.2 Å². The standard InChI is InChI=1S/C12H17BrN6O/c13-6-4-15-12(16-5-6)17-7-1-2-9-8(3-7)10(11(14)20)19-18-9/h4-5,7-10,18-19H,1-3H2,(H2,14,20)(H,15,16,17). The number of hydrazine groups is 1. The van der Waals surface area contributed by atoms with Crippen molar-refractivity contribution < 1.29 is 4.79 Å². The van der Waals surface area contributed by atoms with Gasteiger partial charge in [0.1, 0.15) is 6.04 Å². The molecule has 1 aliphatic heterocycles. The fourth-order valence-electron chi connectivity index (χ4n) is 3.04. The van der Waals surface area contributed by atoms with E-state index in [0.29, 0.717) is 12.0 Å². The molecule has 3 rings (SSSR count). The zero-order chi connectivity index (χ0) is 14.1. The van der Waals surface area contributed by atoms with Gasteiger partial charge in [-0.05, 0) is 35.2 Å². The van der Waals surface area contributed by atoms with E-state index in [2.05, 4.69) is 42.1 Å². The number of carbonyl (C=O) groups excluding carboxylic acids is 1. The lowest BCUT2D eigenvalue weighted by Gasteiger charge is -2.32. The van der Waals surface area contributed by atoms with Crippen molar-refractivity contribution in [2.45, 2.75) is 37.4 Å². The van der Waals surface area contributed by atoms with Gasteiger partial charge in [0.2, 0.25) is 11.9 Å². The van der Waals surface area contributed by atoms with E-state index in [-0.39, 0.29) is 23.9 Å². The molecule has 2 aliphatic rings. The molecule has 0 spiro atoms. The van der Waals surface area contributed by atoms with E-state index in [0.717, 1.165) is 23.7 Å². The lowest BCUT2D eigenvalue weighted by atomic mass is 9.79. The third kappa shape index (κ3) is 2.77. The summed E-state index contributed by atoms with van der Waals surface area (Å²) in [7, 11) is 0. The molecule has 1 saturated heterocycles. The molecule has 4 unspecified atom stereocenters. The molecule has 1 aromatic heterocycles. The van der Waals surface area contributed by atoms with Gasteiger partial charge in [-0.25, -0.2) is 15.4 Å². The van der Waals surface area contributed by atoms with E-state index >= 15 is 0 Å². The molecule has 2 heterocycles. The number of rotatable bonds is 3. The van der Waals surface area contributed by atoms with Crippen LogP contribution in [0, 0.1) is 5.92 Å². The minimum Gasteiger partial charge on any atom is -0.368 e. The van der Waals surface area contributed by atoms with Crippen molar-refractivity contribution in [1.29, 1.82) is 0 Å². The Morgan fingerprint density at radius 2 is 2.10 bits per heavy atom. The minimum atomic E-state index is -0.300. The maximum absolute atomic E-state index is 11.4. The van der Waals surface area contributed by atoms with Crippen molar-refractivity contribution in [2.75, 3.05) is 5.32 Å². The Balaban J connectivity index is 1.65. The summed E-state index contributed by atoms with van der Waals surface area (Å²) in [6, 6.07) is 0.285. The number of fused-ring (bicyclic) bond motifs is 1. The van der Waals surface area contributed by atoms with Crippen LogP contribution in [0.4, 0.5) is 5.95 Å². The number of anilines is 1. The smallest absolute Gasteiger partial charge is 0.236 e. The minimum absolute atomic E-state index is 0.217. The first-order valence-electron chi connectivity index (χ1n) is 6.68. The van der Waals surface area contributed by atoms with Crippen LogP contribution in [0.2, 0.25) is 0 Å². The van der Waals surface area contributed by atoms with E-state index in [4.69, 9.17) is 5.73 Å². The van der Waals surface area contributed by atoms with Crippen LogP contribution in [0.1, 0.15) is 19.3 Å². The molecule has 1 amide bonds. The van der Waals surface area contributed by atoms with Crippen LogP contribution in [0.3, 0.4) is 0 Å². The summed E-state index contributed by atoms with van der Waals surface area (Å²) in [6.07, 6.45) is 6.31. The Labute approximate surface area is 125 Å². The summed E-state index contributed by atoms with van der Waals surface area (Å²) in [6.45, 7) is 0. The average molecular weight is 341 g/mol. The van der Waals surface area contributed by atoms with E-state index in [1.54, 1.807) is 12.4 Å². The fraction of sp³-hybridized carbons (Fsp3) is 0.583. The van der Waals surface area contributed by atoms with Gasteiger partial charge in [-0.1, -0.05) is 0 Å². The summed E-state index contributed by atoms with van der Waals surface area (Å²) < 4.78 is 0.852. The lowest BCUT2D eigenvalue weighted by Crippen LogP contribution is -2.44. The topological polar surface area (TPSA) is 105 Å². The van der Waals surface area contributed by atoms with Crippen molar-refractivity contribution in [3.8, 4) is 0 Å². The van der Waals surface area contributed by atoms with Crippen LogP contribution in [0.5, 0.6) is 0 Å². The van der Waals surface area contributed by atoms with Gasteiger partial charge in [0.05, 0.1) is 4.47 Å². The highest BCUT2D eigenvalue weighted by Crippen LogP contribution is 2.31. The Kier molecular flexibility index (Phi) is 3.86. The van der Waals surface area contributed by atoms with Crippen molar-refractivity contribution in [1.82, 2.24) is 20.8 Å². The molecule has 1 aromatic rings. The molecule has 2 fully saturated rings. The number of hydrogen-bond donors (Lipinski definition) is 4. The lowest BCUT2D eigenvalue weighted by molar-refractivity contribution is -0.120. The van der Waals surface area contributed by atoms with Gasteiger partial charge in [-0.15, -0.1) is 0 Å². The van der Waals surface area contributed by atoms with Crippen molar-refractivity contribution in [3.63, 3.8) is 0 Å². The SMILES string of the molecule is NC(=O)C1NNC2CCC(Nc3ncc(Br)cn3)CC21. The van der Waals surface area contributed by atoms with Gasteiger partial charge in [-0.2, -0.15) is 0 Å². The molecule has 4 atom stereocenters. The molecule has 0 bridgehead atoms. The quantitative estimate of drug-likeness (QED) is 0.624. The third-order valence-electron chi connectivity index (χ3n) is 4.01. The Hall–Kier alpha value is -1.25. The average Bonchev–Trinajstić information content (AvgIpc) is 2.84. The molecular weight excluding hydrogens is 324 g/mol. The number of aromatic nitrogens is 2. The van der Waals surface area contributed by atoms with E-state index in [1.807, 2.05) is 0 Å². The second kappa shape index (κ2) is 5.63. The molecule has 5 N–H and O–H groups in total. The largest absolute Gasteiger partial charge is 0.368 e. The number of carbonyl (C=O) groups is 1. The predicted octanol–water partition coefficient (Wildman–Crippen LogP) is 0.150. The summed E-state index contributed by atoms with van der Waals surface area (Å²) in [4.78, 5) is 19.9. The number of hydrogen-bond acceptors (Lipinski definition) is 6. The monoisotopic (exact) mass is 340 g/mol. The Morgan fingerprint density at radius 1 is 1.35 bits per heavy atom. The van der Waals surface area contributed by atoms with Crippen LogP contribution in [0.15, 0.2) is 16.9 Å². The maximum Gasteiger partial charge on any atom is 0.236 e. The number of primary amides is 1. The van der Waals surface area contributed by atoms with Crippen LogP contribution in [-0.2, 0) is 4.79 Å². The summed E-state index contributed by atoms with van der Waals surface area (Å²) in [5.74, 6) is 0.533. The van der Waals surface area contributed by atoms with E-state index < -0.39 is 0 Å². The van der Waals surface area contributed by atoms with Gasteiger partial charge in [0, 0.05) is 30.4 Å². The number of nitrogens with zero attached hydrogens (tertiary/aromatic N) is 2. The van der Waals surface area contributed by atoms with Crippen molar-refractivity contribution in [2.24, 2.45) is 11.7 Å². The molecule has 108 valence electrons.